The summed E-state index contributed by atoms with van der Waals surface area (Å²) in [6, 6.07) is 10.1. The highest BCUT2D eigenvalue weighted by Gasteiger charge is 1.93. The summed E-state index contributed by atoms with van der Waals surface area (Å²) in [5.74, 6) is 0. The highest BCUT2D eigenvalue weighted by molar-refractivity contribution is 5.46. The van der Waals surface area contributed by atoms with Crippen LogP contribution in [0.4, 0.5) is 0 Å². The number of nitrogens with zero attached hydrogens (tertiary/aromatic N) is 4. The van der Waals surface area contributed by atoms with E-state index in [0.717, 1.165) is 11.3 Å². The molecule has 4 nitrogen and oxygen atoms in total. The monoisotopic (exact) mass is 350 g/mol. The number of imidazole rings is 2. The van der Waals surface area contributed by atoms with Crippen molar-refractivity contribution in [1.29, 1.82) is 0 Å². The molecule has 0 saturated heterocycles. The molecule has 0 spiro atoms. The van der Waals surface area contributed by atoms with Crippen molar-refractivity contribution in [3.8, 4) is 0 Å². The minimum atomic E-state index is 1.01. The van der Waals surface area contributed by atoms with Crippen molar-refractivity contribution in [2.75, 3.05) is 0 Å². The number of hydrogen-bond donors (Lipinski definition) is 0. The summed E-state index contributed by atoms with van der Waals surface area (Å²) < 4.78 is 4.06. The van der Waals surface area contributed by atoms with Gasteiger partial charge in [-0.2, -0.15) is 0 Å². The van der Waals surface area contributed by atoms with Crippen molar-refractivity contribution in [3.05, 3.63) is 72.6 Å². The minimum Gasteiger partial charge on any atom is -0.307 e. The Kier molecular flexibility index (Phi) is 7.87. The van der Waals surface area contributed by atoms with E-state index in [1.54, 1.807) is 0 Å². The molecule has 0 unspecified atom stereocenters. The molecule has 0 aliphatic carbocycles. The Balaban J connectivity index is 0.000000146. The van der Waals surface area contributed by atoms with Crippen LogP contribution in [-0.4, -0.2) is 18.8 Å². The zero-order chi connectivity index (χ0) is 18.8. The van der Waals surface area contributed by atoms with Crippen LogP contribution in [0.15, 0.2) is 61.3 Å². The lowest BCUT2D eigenvalue weighted by Gasteiger charge is -1.95. The van der Waals surface area contributed by atoms with Crippen molar-refractivity contribution < 1.29 is 0 Å². The summed E-state index contributed by atoms with van der Waals surface area (Å²) in [4.78, 5) is 8.32. The first-order valence-electron chi connectivity index (χ1n) is 9.44. The van der Waals surface area contributed by atoms with Crippen LogP contribution >= 0.6 is 0 Å². The van der Waals surface area contributed by atoms with Crippen molar-refractivity contribution >= 4 is 11.3 Å². The molecule has 0 atom stereocenters. The third-order valence-electron chi connectivity index (χ3n) is 4.20. The van der Waals surface area contributed by atoms with E-state index >= 15 is 0 Å². The largest absolute Gasteiger partial charge is 0.307 e. The Labute approximate surface area is 156 Å². The first-order valence-corrected chi connectivity index (χ1v) is 9.44. The van der Waals surface area contributed by atoms with Gasteiger partial charge < -0.3 is 8.80 Å². The molecule has 4 aromatic heterocycles. The van der Waals surface area contributed by atoms with E-state index in [4.69, 9.17) is 0 Å². The van der Waals surface area contributed by atoms with E-state index < -0.39 is 0 Å². The molecule has 0 fully saturated rings. The van der Waals surface area contributed by atoms with Crippen LogP contribution in [0, 0.1) is 13.8 Å². The summed E-state index contributed by atoms with van der Waals surface area (Å²) in [6.07, 6.45) is 15.1. The van der Waals surface area contributed by atoms with Gasteiger partial charge in [0.15, 0.2) is 0 Å². The Morgan fingerprint density at radius 3 is 2.19 bits per heavy atom. The predicted molar refractivity (Wildman–Crippen MR) is 110 cm³/mol. The van der Waals surface area contributed by atoms with Crippen LogP contribution in [-0.2, 0) is 0 Å². The van der Waals surface area contributed by atoms with Gasteiger partial charge in [0.05, 0.1) is 0 Å². The van der Waals surface area contributed by atoms with E-state index in [9.17, 15) is 0 Å². The summed E-state index contributed by atoms with van der Waals surface area (Å²) in [7, 11) is 0. The van der Waals surface area contributed by atoms with Gasteiger partial charge in [-0.25, -0.2) is 9.97 Å². The topological polar surface area (TPSA) is 34.6 Å². The number of unbranched alkanes of at least 4 members (excludes halogenated alkanes) is 3. The molecule has 0 N–H and O–H groups in total. The van der Waals surface area contributed by atoms with Crippen LogP contribution in [0.5, 0.6) is 0 Å². The second kappa shape index (κ2) is 10.4. The summed E-state index contributed by atoms with van der Waals surface area (Å²) >= 11 is 0. The molecule has 4 heteroatoms. The maximum Gasteiger partial charge on any atom is 0.139 e. The molecule has 0 aliphatic heterocycles. The molecular formula is C22H30N4. The third-order valence-corrected chi connectivity index (χ3v) is 4.20. The maximum atomic E-state index is 4.18. The molecular weight excluding hydrogens is 320 g/mol. The predicted octanol–water partition coefficient (Wildman–Crippen LogP) is 5.87. The van der Waals surface area contributed by atoms with Crippen LogP contribution in [0.3, 0.4) is 0 Å². The second-order valence-electron chi connectivity index (χ2n) is 6.38. The molecule has 0 aromatic carbocycles. The third kappa shape index (κ3) is 5.45. The fraction of sp³-hybridized carbons (Fsp3) is 0.364. The summed E-state index contributed by atoms with van der Waals surface area (Å²) in [5, 5.41) is 0. The van der Waals surface area contributed by atoms with Gasteiger partial charge in [0.2, 0.25) is 0 Å². The van der Waals surface area contributed by atoms with Crippen molar-refractivity contribution in [3.63, 3.8) is 0 Å². The first kappa shape index (κ1) is 19.7. The first-order chi connectivity index (χ1) is 12.7. The lowest BCUT2D eigenvalue weighted by Crippen LogP contribution is -1.86. The van der Waals surface area contributed by atoms with Gasteiger partial charge in [0.25, 0.3) is 0 Å². The van der Waals surface area contributed by atoms with Crippen LogP contribution in [0.25, 0.3) is 11.3 Å². The fourth-order valence-electron chi connectivity index (χ4n) is 2.68. The molecule has 0 amide bonds. The van der Waals surface area contributed by atoms with Crippen LogP contribution < -0.4 is 0 Å². The minimum absolute atomic E-state index is 1.01. The number of pyridine rings is 2. The van der Waals surface area contributed by atoms with E-state index in [0.29, 0.717) is 0 Å². The lowest BCUT2D eigenvalue weighted by molar-refractivity contribution is 0.702. The molecule has 138 valence electrons. The van der Waals surface area contributed by atoms with E-state index in [1.807, 2.05) is 53.6 Å². The number of fused-ring (bicyclic) bond motifs is 2. The Hall–Kier alpha value is -2.62. The highest BCUT2D eigenvalue weighted by Crippen LogP contribution is 2.05. The average molecular weight is 351 g/mol. The summed E-state index contributed by atoms with van der Waals surface area (Å²) in [5.41, 5.74) is 4.49. The standard InChI is InChI=1S/2C8H8N2.C6H14/c1-7-3-2-5-10-6-4-9-8(7)10;1-7-3-2-4-8-9-5-6-10(7)8;1-3-5-6-4-2/h2*2-6H,1H3;3-6H2,1-2H3. The molecule has 0 radical (unpaired) electrons. The lowest BCUT2D eigenvalue weighted by atomic mass is 10.2. The van der Waals surface area contributed by atoms with Gasteiger partial charge in [-0.05, 0) is 37.6 Å². The number of aromatic nitrogens is 4. The number of hydrogen-bond acceptors (Lipinski definition) is 2. The van der Waals surface area contributed by atoms with E-state index in [2.05, 4.69) is 54.2 Å². The molecule has 0 bridgehead atoms. The van der Waals surface area contributed by atoms with Gasteiger partial charge in [0.1, 0.15) is 11.3 Å². The van der Waals surface area contributed by atoms with Crippen molar-refractivity contribution in [1.82, 2.24) is 18.8 Å². The zero-order valence-electron chi connectivity index (χ0n) is 16.4. The normalized spacial score (nSPS) is 10.2. The second-order valence-corrected chi connectivity index (χ2v) is 6.38. The van der Waals surface area contributed by atoms with Crippen molar-refractivity contribution in [2.24, 2.45) is 0 Å². The number of rotatable bonds is 3. The Morgan fingerprint density at radius 1 is 0.808 bits per heavy atom. The van der Waals surface area contributed by atoms with Gasteiger partial charge >= 0.3 is 0 Å². The van der Waals surface area contributed by atoms with Gasteiger partial charge in [-0.3, -0.25) is 0 Å². The zero-order valence-corrected chi connectivity index (χ0v) is 16.4. The molecule has 4 heterocycles. The van der Waals surface area contributed by atoms with E-state index in [1.165, 1.54) is 36.9 Å². The molecule has 4 aromatic rings. The average Bonchev–Trinajstić information content (AvgIpc) is 3.31. The highest BCUT2D eigenvalue weighted by atomic mass is 15.0. The smallest absolute Gasteiger partial charge is 0.139 e. The SMILES string of the molecule is CCCCCC.Cc1cccc2nccn12.Cc1cccn2ccnc12. The molecule has 4 rings (SSSR count). The molecule has 0 saturated carbocycles. The summed E-state index contributed by atoms with van der Waals surface area (Å²) in [6.45, 7) is 8.59. The van der Waals surface area contributed by atoms with Gasteiger partial charge in [-0.1, -0.05) is 51.7 Å². The van der Waals surface area contributed by atoms with Gasteiger partial charge in [-0.15, -0.1) is 0 Å². The maximum absolute atomic E-state index is 4.18. The van der Waals surface area contributed by atoms with Crippen molar-refractivity contribution in [2.45, 2.75) is 53.4 Å². The quantitative estimate of drug-likeness (QED) is 0.433. The van der Waals surface area contributed by atoms with Crippen LogP contribution in [0.2, 0.25) is 0 Å². The molecule has 0 aliphatic rings. The Morgan fingerprint density at radius 2 is 1.54 bits per heavy atom. The number of aryl methyl sites for hydroxylation is 2. The Bertz CT molecular complexity index is 828. The van der Waals surface area contributed by atoms with Gasteiger partial charge in [0, 0.05) is 36.7 Å². The fourth-order valence-corrected chi connectivity index (χ4v) is 2.68. The molecule has 26 heavy (non-hydrogen) atoms. The van der Waals surface area contributed by atoms with E-state index in [-0.39, 0.29) is 0 Å². The van der Waals surface area contributed by atoms with Crippen LogP contribution in [0.1, 0.15) is 50.8 Å².